The van der Waals surface area contributed by atoms with Crippen molar-refractivity contribution in [2.75, 3.05) is 11.1 Å². The highest BCUT2D eigenvalue weighted by atomic mass is 35.5. The number of rotatable bonds is 3. The lowest BCUT2D eigenvalue weighted by atomic mass is 10.5. The molecule has 2 rings (SSSR count). The molecule has 0 saturated carbocycles. The number of hydrogen-bond acceptors (Lipinski definition) is 5. The lowest BCUT2D eigenvalue weighted by Gasteiger charge is -2.07. The van der Waals surface area contributed by atoms with Crippen LogP contribution in [0.2, 0.25) is 5.02 Å². The van der Waals surface area contributed by atoms with Crippen molar-refractivity contribution in [2.24, 2.45) is 7.05 Å². The topological polar surface area (TPSA) is 81.7 Å². The molecule has 0 unspecified atom stereocenters. The Hall–Kier alpha value is -1.82. The molecule has 0 saturated heterocycles. The van der Waals surface area contributed by atoms with Gasteiger partial charge in [0.1, 0.15) is 23.0 Å². The second-order valence-electron chi connectivity index (χ2n) is 3.23. The van der Waals surface area contributed by atoms with Crippen LogP contribution in [0.1, 0.15) is 5.82 Å². The molecular formula is C9H11ClN6. The van der Waals surface area contributed by atoms with Gasteiger partial charge in [0.15, 0.2) is 5.82 Å². The molecule has 3 N–H and O–H groups in total. The number of imidazole rings is 1. The smallest absolute Gasteiger partial charge is 0.150 e. The molecule has 0 radical (unpaired) electrons. The average Bonchev–Trinajstić information content (AvgIpc) is 2.67. The van der Waals surface area contributed by atoms with Gasteiger partial charge in [-0.05, 0) is 0 Å². The van der Waals surface area contributed by atoms with Crippen LogP contribution in [0.4, 0.5) is 11.6 Å². The van der Waals surface area contributed by atoms with Crippen LogP contribution in [-0.4, -0.2) is 19.5 Å². The van der Waals surface area contributed by atoms with Crippen molar-refractivity contribution in [3.63, 3.8) is 0 Å². The molecule has 2 aromatic heterocycles. The maximum absolute atomic E-state index is 5.93. The van der Waals surface area contributed by atoms with E-state index in [9.17, 15) is 0 Å². The highest BCUT2D eigenvalue weighted by Crippen LogP contribution is 2.23. The van der Waals surface area contributed by atoms with E-state index in [1.165, 1.54) is 6.33 Å². The van der Waals surface area contributed by atoms with Gasteiger partial charge in [0.2, 0.25) is 0 Å². The summed E-state index contributed by atoms with van der Waals surface area (Å²) < 4.78 is 1.91. The number of nitrogen functional groups attached to an aromatic ring is 1. The van der Waals surface area contributed by atoms with Gasteiger partial charge in [-0.1, -0.05) is 11.6 Å². The first kappa shape index (κ1) is 10.7. The van der Waals surface area contributed by atoms with Crippen LogP contribution < -0.4 is 11.1 Å². The van der Waals surface area contributed by atoms with Crippen LogP contribution in [0.15, 0.2) is 18.7 Å². The maximum atomic E-state index is 5.93. The van der Waals surface area contributed by atoms with Crippen LogP contribution in [0.5, 0.6) is 0 Å². The quantitative estimate of drug-likeness (QED) is 0.836. The fraction of sp³-hybridized carbons (Fsp3) is 0.222. The molecule has 0 fully saturated rings. The van der Waals surface area contributed by atoms with E-state index in [2.05, 4.69) is 20.3 Å². The van der Waals surface area contributed by atoms with Crippen LogP contribution in [0.3, 0.4) is 0 Å². The number of aryl methyl sites for hydroxylation is 1. The molecule has 84 valence electrons. The normalized spacial score (nSPS) is 10.4. The van der Waals surface area contributed by atoms with Gasteiger partial charge in [-0.2, -0.15) is 0 Å². The van der Waals surface area contributed by atoms with Crippen LogP contribution in [0.25, 0.3) is 0 Å². The summed E-state index contributed by atoms with van der Waals surface area (Å²) >= 11 is 5.93. The average molecular weight is 239 g/mol. The SMILES string of the molecule is Cn1ccnc1CNc1ncnc(N)c1Cl. The minimum Gasteiger partial charge on any atom is -0.382 e. The Labute approximate surface area is 97.5 Å². The first-order chi connectivity index (χ1) is 7.68. The van der Waals surface area contributed by atoms with Crippen LogP contribution >= 0.6 is 11.6 Å². The molecule has 2 heterocycles. The van der Waals surface area contributed by atoms with Crippen LogP contribution in [0, 0.1) is 0 Å². The standard InChI is InChI=1S/C9H11ClN6/c1-16-3-2-12-6(16)4-13-9-7(10)8(11)14-5-15-9/h2-3,5H,4H2,1H3,(H3,11,13,14,15). The number of hydrogen-bond donors (Lipinski definition) is 2. The van der Waals surface area contributed by atoms with Crippen molar-refractivity contribution >= 4 is 23.2 Å². The molecule has 0 atom stereocenters. The fourth-order valence-corrected chi connectivity index (χ4v) is 1.40. The Morgan fingerprint density at radius 2 is 2.25 bits per heavy atom. The Balaban J connectivity index is 2.11. The van der Waals surface area contributed by atoms with Crippen molar-refractivity contribution in [3.8, 4) is 0 Å². The fourth-order valence-electron chi connectivity index (χ4n) is 1.24. The third-order valence-corrected chi connectivity index (χ3v) is 2.52. The van der Waals surface area contributed by atoms with Gasteiger partial charge < -0.3 is 15.6 Å². The summed E-state index contributed by atoms with van der Waals surface area (Å²) in [6.07, 6.45) is 4.96. The molecule has 6 nitrogen and oxygen atoms in total. The van der Waals surface area contributed by atoms with Gasteiger partial charge in [-0.3, -0.25) is 0 Å². The van der Waals surface area contributed by atoms with E-state index in [1.807, 2.05) is 17.8 Å². The molecule has 0 aromatic carbocycles. The first-order valence-corrected chi connectivity index (χ1v) is 5.02. The molecule has 0 amide bonds. The Kier molecular flexibility index (Phi) is 2.91. The molecule has 0 aliphatic rings. The third-order valence-electron chi connectivity index (χ3n) is 2.15. The van der Waals surface area contributed by atoms with E-state index in [1.54, 1.807) is 6.20 Å². The molecular weight excluding hydrogens is 228 g/mol. The summed E-state index contributed by atoms with van der Waals surface area (Å²) in [6.45, 7) is 0.527. The highest BCUT2D eigenvalue weighted by molar-refractivity contribution is 6.35. The zero-order chi connectivity index (χ0) is 11.5. The van der Waals surface area contributed by atoms with E-state index in [0.29, 0.717) is 17.4 Å². The molecule has 0 aliphatic heterocycles. The number of halogens is 1. The second kappa shape index (κ2) is 4.36. The number of anilines is 2. The van der Waals surface area contributed by atoms with Crippen LogP contribution in [-0.2, 0) is 13.6 Å². The van der Waals surface area contributed by atoms with Gasteiger partial charge in [0.25, 0.3) is 0 Å². The molecule has 7 heteroatoms. The second-order valence-corrected chi connectivity index (χ2v) is 3.61. The van der Waals surface area contributed by atoms with E-state index < -0.39 is 0 Å². The summed E-state index contributed by atoms with van der Waals surface area (Å²) in [5.41, 5.74) is 5.56. The number of nitrogens with two attached hydrogens (primary N) is 1. The number of nitrogens with one attached hydrogen (secondary N) is 1. The lowest BCUT2D eigenvalue weighted by molar-refractivity contribution is 0.810. The molecule has 0 spiro atoms. The highest BCUT2D eigenvalue weighted by Gasteiger charge is 2.06. The van der Waals surface area contributed by atoms with Crippen molar-refractivity contribution in [3.05, 3.63) is 29.6 Å². The summed E-state index contributed by atoms with van der Waals surface area (Å²) in [5.74, 6) is 1.66. The van der Waals surface area contributed by atoms with E-state index in [-0.39, 0.29) is 5.82 Å². The Morgan fingerprint density at radius 1 is 1.44 bits per heavy atom. The first-order valence-electron chi connectivity index (χ1n) is 4.64. The van der Waals surface area contributed by atoms with Crippen molar-refractivity contribution in [2.45, 2.75) is 6.54 Å². The third kappa shape index (κ3) is 2.06. The molecule has 0 bridgehead atoms. The lowest BCUT2D eigenvalue weighted by Crippen LogP contribution is -2.08. The molecule has 0 aliphatic carbocycles. The predicted molar refractivity (Wildman–Crippen MR) is 62.0 cm³/mol. The van der Waals surface area contributed by atoms with E-state index in [0.717, 1.165) is 5.82 Å². The largest absolute Gasteiger partial charge is 0.382 e. The van der Waals surface area contributed by atoms with Gasteiger partial charge in [0, 0.05) is 19.4 Å². The summed E-state index contributed by atoms with van der Waals surface area (Å²) in [6, 6.07) is 0. The van der Waals surface area contributed by atoms with Gasteiger partial charge in [-0.15, -0.1) is 0 Å². The van der Waals surface area contributed by atoms with E-state index in [4.69, 9.17) is 17.3 Å². The Morgan fingerprint density at radius 3 is 2.94 bits per heavy atom. The molecule has 16 heavy (non-hydrogen) atoms. The number of nitrogens with zero attached hydrogens (tertiary/aromatic N) is 4. The number of aromatic nitrogens is 4. The van der Waals surface area contributed by atoms with Crippen molar-refractivity contribution in [1.82, 2.24) is 19.5 Å². The van der Waals surface area contributed by atoms with Crippen molar-refractivity contribution in [1.29, 1.82) is 0 Å². The monoisotopic (exact) mass is 238 g/mol. The zero-order valence-electron chi connectivity index (χ0n) is 8.68. The minimum atomic E-state index is 0.263. The summed E-state index contributed by atoms with van der Waals surface area (Å²) in [5, 5.41) is 3.38. The van der Waals surface area contributed by atoms with Gasteiger partial charge >= 0.3 is 0 Å². The van der Waals surface area contributed by atoms with E-state index >= 15 is 0 Å². The minimum absolute atomic E-state index is 0.263. The summed E-state index contributed by atoms with van der Waals surface area (Å²) in [4.78, 5) is 11.9. The van der Waals surface area contributed by atoms with Gasteiger partial charge in [-0.25, -0.2) is 15.0 Å². The van der Waals surface area contributed by atoms with Crippen molar-refractivity contribution < 1.29 is 0 Å². The zero-order valence-corrected chi connectivity index (χ0v) is 9.44. The summed E-state index contributed by atoms with van der Waals surface area (Å²) in [7, 11) is 1.92. The van der Waals surface area contributed by atoms with Gasteiger partial charge in [0.05, 0.1) is 6.54 Å². The molecule has 2 aromatic rings. The Bertz CT molecular complexity index is 494. The predicted octanol–water partition coefficient (Wildman–Crippen LogP) is 1.06. The maximum Gasteiger partial charge on any atom is 0.150 e.